The van der Waals surface area contributed by atoms with Gasteiger partial charge < -0.3 is 0 Å². The molecule has 1 heterocycles. The van der Waals surface area contributed by atoms with E-state index in [-0.39, 0.29) is 5.92 Å². The molecule has 12 heavy (non-hydrogen) atoms. The maximum Gasteiger partial charge on any atom is 0.106 e. The van der Waals surface area contributed by atoms with Crippen LogP contribution in [0.1, 0.15) is 24.8 Å². The van der Waals surface area contributed by atoms with Gasteiger partial charge in [-0.3, -0.25) is 0 Å². The molecule has 0 saturated carbocycles. The summed E-state index contributed by atoms with van der Waals surface area (Å²) < 4.78 is 0.824. The molecule has 0 amide bonds. The summed E-state index contributed by atoms with van der Waals surface area (Å²) >= 11 is 3.29. The van der Waals surface area contributed by atoms with Gasteiger partial charge in [-0.15, -0.1) is 0 Å². The molecular weight excluding hydrogens is 216 g/mol. The smallest absolute Gasteiger partial charge is 0.106 e. The molecule has 1 atom stereocenters. The van der Waals surface area contributed by atoms with Crippen molar-refractivity contribution in [1.82, 2.24) is 4.98 Å². The van der Waals surface area contributed by atoms with E-state index >= 15 is 0 Å². The van der Waals surface area contributed by atoms with Gasteiger partial charge in [-0.2, -0.15) is 5.26 Å². The van der Waals surface area contributed by atoms with E-state index in [1.165, 1.54) is 0 Å². The molecule has 62 valence electrons. The summed E-state index contributed by atoms with van der Waals surface area (Å²) in [4.78, 5) is 4.02. The van der Waals surface area contributed by atoms with Gasteiger partial charge in [-0.25, -0.2) is 4.98 Å². The summed E-state index contributed by atoms with van der Waals surface area (Å²) in [5.74, 6) is 0.286. The van der Waals surface area contributed by atoms with Crippen molar-refractivity contribution < 1.29 is 0 Å². The quantitative estimate of drug-likeness (QED) is 0.725. The summed E-state index contributed by atoms with van der Waals surface area (Å²) in [5.41, 5.74) is 1.15. The molecule has 1 rings (SSSR count). The molecule has 1 unspecified atom stereocenters. The predicted octanol–water partition coefficient (Wildman–Crippen LogP) is 2.86. The minimum Gasteiger partial charge on any atom is -0.249 e. The van der Waals surface area contributed by atoms with Crippen molar-refractivity contribution in [3.63, 3.8) is 0 Å². The summed E-state index contributed by atoms with van der Waals surface area (Å²) in [6.45, 7) is 2.03. The molecule has 2 nitrogen and oxygen atoms in total. The van der Waals surface area contributed by atoms with E-state index in [4.69, 9.17) is 5.26 Å². The van der Waals surface area contributed by atoms with Crippen molar-refractivity contribution in [2.24, 2.45) is 0 Å². The number of hydrogen-bond acceptors (Lipinski definition) is 2. The van der Waals surface area contributed by atoms with Crippen molar-refractivity contribution in [3.05, 3.63) is 28.5 Å². The van der Waals surface area contributed by atoms with Gasteiger partial charge in [-0.1, -0.05) is 6.92 Å². The van der Waals surface area contributed by atoms with Crippen LogP contribution in [-0.4, -0.2) is 4.98 Å². The molecule has 0 N–H and O–H groups in total. The highest BCUT2D eigenvalue weighted by Gasteiger charge is 2.04. The molecule has 0 aliphatic carbocycles. The lowest BCUT2D eigenvalue weighted by Crippen LogP contribution is -1.92. The minimum absolute atomic E-state index is 0.286. The van der Waals surface area contributed by atoms with Crippen LogP contribution in [0.4, 0.5) is 0 Å². The van der Waals surface area contributed by atoms with E-state index in [1.807, 2.05) is 19.1 Å². The van der Waals surface area contributed by atoms with Gasteiger partial charge >= 0.3 is 0 Å². The first-order valence-corrected chi connectivity index (χ1v) is 4.51. The molecule has 1 aromatic heterocycles. The average Bonchev–Trinajstić information content (AvgIpc) is 2.05. The van der Waals surface area contributed by atoms with Gasteiger partial charge in [0, 0.05) is 12.6 Å². The van der Waals surface area contributed by atoms with Crippen LogP contribution in [0.3, 0.4) is 0 Å². The number of halogens is 1. The largest absolute Gasteiger partial charge is 0.249 e. The van der Waals surface area contributed by atoms with Crippen LogP contribution < -0.4 is 0 Å². The molecule has 0 spiro atoms. The first kappa shape index (κ1) is 9.21. The summed E-state index contributed by atoms with van der Waals surface area (Å²) in [6, 6.07) is 6.03. The molecule has 0 radical (unpaired) electrons. The molecule has 0 aromatic carbocycles. The van der Waals surface area contributed by atoms with Crippen LogP contribution in [0, 0.1) is 11.3 Å². The van der Waals surface area contributed by atoms with Crippen molar-refractivity contribution in [2.45, 2.75) is 19.3 Å². The monoisotopic (exact) mass is 224 g/mol. The minimum atomic E-state index is 0.286. The molecule has 0 saturated heterocycles. The summed E-state index contributed by atoms with van der Waals surface area (Å²) in [6.07, 6.45) is 2.30. The van der Waals surface area contributed by atoms with Gasteiger partial charge in [0.25, 0.3) is 0 Å². The van der Waals surface area contributed by atoms with E-state index in [1.54, 1.807) is 6.20 Å². The Morgan fingerprint density at radius 3 is 3.08 bits per heavy atom. The second-order valence-electron chi connectivity index (χ2n) is 2.68. The Bertz CT molecular complexity index is 304. The second kappa shape index (κ2) is 4.22. The van der Waals surface area contributed by atoms with Gasteiger partial charge in [-0.05, 0) is 39.5 Å². The highest BCUT2D eigenvalue weighted by Crippen LogP contribution is 2.19. The van der Waals surface area contributed by atoms with Crippen LogP contribution >= 0.6 is 15.9 Å². The van der Waals surface area contributed by atoms with Gasteiger partial charge in [0.2, 0.25) is 0 Å². The number of pyridine rings is 1. The number of hydrogen-bond donors (Lipinski definition) is 0. The number of nitrogens with zero attached hydrogens (tertiary/aromatic N) is 2. The zero-order chi connectivity index (χ0) is 8.97. The van der Waals surface area contributed by atoms with Crippen LogP contribution in [0.25, 0.3) is 0 Å². The number of rotatable bonds is 2. The SMILES string of the molecule is CC(CC#N)c1ccnc(Br)c1. The average molecular weight is 225 g/mol. The van der Waals surface area contributed by atoms with Crippen molar-refractivity contribution in [1.29, 1.82) is 5.26 Å². The standard InChI is InChI=1S/C9H9BrN2/c1-7(2-4-11)8-3-5-12-9(10)6-8/h3,5-7H,2H2,1H3. The second-order valence-corrected chi connectivity index (χ2v) is 3.49. The predicted molar refractivity (Wildman–Crippen MR) is 50.6 cm³/mol. The lowest BCUT2D eigenvalue weighted by molar-refractivity contribution is 0.785. The van der Waals surface area contributed by atoms with Crippen molar-refractivity contribution in [2.75, 3.05) is 0 Å². The molecule has 3 heteroatoms. The van der Waals surface area contributed by atoms with Crippen LogP contribution in [0.15, 0.2) is 22.9 Å². The summed E-state index contributed by atoms with van der Waals surface area (Å²) in [7, 11) is 0. The van der Waals surface area contributed by atoms with E-state index < -0.39 is 0 Å². The third-order valence-corrected chi connectivity index (χ3v) is 2.15. The lowest BCUT2D eigenvalue weighted by atomic mass is 10.0. The lowest BCUT2D eigenvalue weighted by Gasteiger charge is -2.06. The van der Waals surface area contributed by atoms with Gasteiger partial charge in [0.1, 0.15) is 4.60 Å². The molecule has 0 aliphatic rings. The third-order valence-electron chi connectivity index (χ3n) is 1.72. The van der Waals surface area contributed by atoms with Gasteiger partial charge in [0.05, 0.1) is 6.07 Å². The van der Waals surface area contributed by atoms with Crippen LogP contribution in [0.2, 0.25) is 0 Å². The fraction of sp³-hybridized carbons (Fsp3) is 0.333. The zero-order valence-corrected chi connectivity index (χ0v) is 8.37. The Kier molecular flexibility index (Phi) is 3.24. The maximum absolute atomic E-state index is 8.49. The first-order chi connectivity index (χ1) is 5.74. The van der Waals surface area contributed by atoms with Crippen LogP contribution in [0.5, 0.6) is 0 Å². The Morgan fingerprint density at radius 2 is 2.50 bits per heavy atom. The fourth-order valence-corrected chi connectivity index (χ4v) is 1.36. The number of aromatic nitrogens is 1. The Morgan fingerprint density at radius 1 is 1.75 bits per heavy atom. The first-order valence-electron chi connectivity index (χ1n) is 3.72. The fourth-order valence-electron chi connectivity index (χ4n) is 0.979. The van der Waals surface area contributed by atoms with E-state index in [0.29, 0.717) is 6.42 Å². The third kappa shape index (κ3) is 2.31. The Balaban J connectivity index is 2.82. The molecular formula is C9H9BrN2. The molecule has 0 bridgehead atoms. The van der Waals surface area contributed by atoms with E-state index in [0.717, 1.165) is 10.2 Å². The maximum atomic E-state index is 8.49. The summed E-state index contributed by atoms with van der Waals surface area (Å²) in [5, 5.41) is 8.49. The van der Waals surface area contributed by atoms with E-state index in [9.17, 15) is 0 Å². The van der Waals surface area contributed by atoms with Crippen molar-refractivity contribution in [3.8, 4) is 6.07 Å². The highest BCUT2D eigenvalue weighted by molar-refractivity contribution is 9.10. The molecule has 1 aromatic rings. The normalized spacial score (nSPS) is 12.1. The van der Waals surface area contributed by atoms with E-state index in [2.05, 4.69) is 27.0 Å². The zero-order valence-electron chi connectivity index (χ0n) is 6.79. The number of nitriles is 1. The van der Waals surface area contributed by atoms with Gasteiger partial charge in [0.15, 0.2) is 0 Å². The highest BCUT2D eigenvalue weighted by atomic mass is 79.9. The van der Waals surface area contributed by atoms with Crippen LogP contribution in [-0.2, 0) is 0 Å². The Hall–Kier alpha value is -0.880. The molecule has 0 fully saturated rings. The molecule has 0 aliphatic heterocycles. The Labute approximate surface area is 80.4 Å². The van der Waals surface area contributed by atoms with Crippen molar-refractivity contribution >= 4 is 15.9 Å². The topological polar surface area (TPSA) is 36.7 Å².